The van der Waals surface area contributed by atoms with Gasteiger partial charge in [0.2, 0.25) is 5.78 Å². The third-order valence-electron chi connectivity index (χ3n) is 2.36. The summed E-state index contributed by atoms with van der Waals surface area (Å²) in [6, 6.07) is 5.28. The number of aromatic nitrogens is 3. The summed E-state index contributed by atoms with van der Waals surface area (Å²) in [6.45, 7) is 0. The van der Waals surface area contributed by atoms with E-state index in [1.807, 2.05) is 0 Å². The summed E-state index contributed by atoms with van der Waals surface area (Å²) in [7, 11) is 0. The van der Waals surface area contributed by atoms with E-state index in [9.17, 15) is 4.79 Å². The highest BCUT2D eigenvalue weighted by Gasteiger charge is 2.13. The van der Waals surface area contributed by atoms with Crippen molar-refractivity contribution < 1.29 is 14.3 Å². The monoisotopic (exact) mass is 229 g/mol. The molecule has 0 aliphatic carbocycles. The number of rotatable bonds is 2. The Morgan fingerprint density at radius 2 is 2.29 bits per heavy atom. The summed E-state index contributed by atoms with van der Waals surface area (Å²) in [6.07, 6.45) is 4.53. The highest BCUT2D eigenvalue weighted by atomic mass is 16.4. The number of nitrogens with zero attached hydrogens (tertiary/aromatic N) is 3. The summed E-state index contributed by atoms with van der Waals surface area (Å²) >= 11 is 0. The maximum absolute atomic E-state index is 10.8. The Hall–Kier alpha value is -2.63. The van der Waals surface area contributed by atoms with Crippen LogP contribution in [0.3, 0.4) is 0 Å². The molecule has 0 aliphatic heterocycles. The van der Waals surface area contributed by atoms with Gasteiger partial charge in [-0.2, -0.15) is 0 Å². The molecule has 3 aromatic heterocycles. The van der Waals surface area contributed by atoms with Gasteiger partial charge in [-0.3, -0.25) is 4.40 Å². The maximum atomic E-state index is 10.8. The van der Waals surface area contributed by atoms with Gasteiger partial charge in [-0.15, -0.1) is 0 Å². The van der Waals surface area contributed by atoms with Crippen molar-refractivity contribution in [2.24, 2.45) is 0 Å². The van der Waals surface area contributed by atoms with E-state index in [2.05, 4.69) is 9.97 Å². The Morgan fingerprint density at radius 3 is 3.00 bits per heavy atom. The zero-order valence-electron chi connectivity index (χ0n) is 8.57. The third kappa shape index (κ3) is 1.46. The minimum Gasteiger partial charge on any atom is -0.476 e. The van der Waals surface area contributed by atoms with Crippen LogP contribution in [0.25, 0.3) is 17.2 Å². The molecule has 0 fully saturated rings. The van der Waals surface area contributed by atoms with Crippen molar-refractivity contribution in [1.82, 2.24) is 14.4 Å². The van der Waals surface area contributed by atoms with Crippen molar-refractivity contribution >= 4 is 11.7 Å². The Morgan fingerprint density at radius 1 is 1.41 bits per heavy atom. The Labute approximate surface area is 95.2 Å². The standard InChI is InChI=1S/C11H7N3O3/c15-10(16)7-6-14-8(9-2-1-5-17-9)3-4-12-11(14)13-7/h1-6H,(H,15,16). The number of aromatic carboxylic acids is 1. The average Bonchev–Trinajstić information content (AvgIpc) is 2.97. The molecule has 0 bridgehead atoms. The first-order valence-corrected chi connectivity index (χ1v) is 4.87. The predicted octanol–water partition coefficient (Wildman–Crippen LogP) is 1.69. The van der Waals surface area contributed by atoms with Gasteiger partial charge in [0.1, 0.15) is 0 Å². The van der Waals surface area contributed by atoms with Crippen molar-refractivity contribution in [3.8, 4) is 11.5 Å². The molecule has 84 valence electrons. The first kappa shape index (κ1) is 9.59. The quantitative estimate of drug-likeness (QED) is 0.723. The zero-order valence-corrected chi connectivity index (χ0v) is 8.57. The average molecular weight is 229 g/mol. The molecule has 0 radical (unpaired) electrons. The number of carboxylic acid groups (broad SMARTS) is 1. The lowest BCUT2D eigenvalue weighted by molar-refractivity contribution is 0.0691. The lowest BCUT2D eigenvalue weighted by atomic mass is 10.3. The topological polar surface area (TPSA) is 80.6 Å². The second-order valence-corrected chi connectivity index (χ2v) is 3.41. The van der Waals surface area contributed by atoms with E-state index in [1.54, 1.807) is 35.1 Å². The SMILES string of the molecule is O=C(O)c1cn2c(-c3ccco3)ccnc2n1. The van der Waals surface area contributed by atoms with Gasteiger partial charge in [0.15, 0.2) is 11.5 Å². The number of carbonyl (C=O) groups is 1. The van der Waals surface area contributed by atoms with Crippen LogP contribution in [-0.2, 0) is 0 Å². The van der Waals surface area contributed by atoms with Gasteiger partial charge in [-0.25, -0.2) is 14.8 Å². The fraction of sp³-hybridized carbons (Fsp3) is 0. The molecule has 6 nitrogen and oxygen atoms in total. The van der Waals surface area contributed by atoms with Crippen molar-refractivity contribution in [3.05, 3.63) is 42.5 Å². The van der Waals surface area contributed by atoms with E-state index in [0.717, 1.165) is 0 Å². The number of carboxylic acids is 1. The van der Waals surface area contributed by atoms with Crippen molar-refractivity contribution in [2.75, 3.05) is 0 Å². The van der Waals surface area contributed by atoms with Gasteiger partial charge in [0.05, 0.1) is 12.0 Å². The van der Waals surface area contributed by atoms with Crippen LogP contribution in [0.1, 0.15) is 10.5 Å². The van der Waals surface area contributed by atoms with E-state index in [-0.39, 0.29) is 5.69 Å². The molecule has 3 rings (SSSR count). The molecule has 0 atom stereocenters. The summed E-state index contributed by atoms with van der Waals surface area (Å²) < 4.78 is 6.86. The second kappa shape index (κ2) is 3.44. The third-order valence-corrected chi connectivity index (χ3v) is 2.36. The number of furan rings is 1. The number of hydrogen-bond donors (Lipinski definition) is 1. The summed E-state index contributed by atoms with van der Waals surface area (Å²) in [5, 5.41) is 8.88. The number of hydrogen-bond acceptors (Lipinski definition) is 4. The Bertz CT molecular complexity index is 685. The number of imidazole rings is 1. The molecule has 0 saturated carbocycles. The van der Waals surface area contributed by atoms with Crippen molar-refractivity contribution in [3.63, 3.8) is 0 Å². The molecule has 0 aromatic carbocycles. The fourth-order valence-corrected chi connectivity index (χ4v) is 1.62. The van der Waals surface area contributed by atoms with E-state index in [4.69, 9.17) is 9.52 Å². The van der Waals surface area contributed by atoms with Crippen LogP contribution < -0.4 is 0 Å². The van der Waals surface area contributed by atoms with Crippen molar-refractivity contribution in [1.29, 1.82) is 0 Å². The van der Waals surface area contributed by atoms with E-state index >= 15 is 0 Å². The Kier molecular flexibility index (Phi) is 1.94. The van der Waals surface area contributed by atoms with Crippen LogP contribution in [-0.4, -0.2) is 25.4 Å². The molecule has 0 aliphatic rings. The van der Waals surface area contributed by atoms with Crippen molar-refractivity contribution in [2.45, 2.75) is 0 Å². The predicted molar refractivity (Wildman–Crippen MR) is 57.6 cm³/mol. The normalized spacial score (nSPS) is 10.8. The van der Waals surface area contributed by atoms with E-state index in [1.165, 1.54) is 6.20 Å². The fourth-order valence-electron chi connectivity index (χ4n) is 1.62. The second-order valence-electron chi connectivity index (χ2n) is 3.41. The minimum atomic E-state index is -1.08. The van der Waals surface area contributed by atoms with Gasteiger partial charge < -0.3 is 9.52 Å². The maximum Gasteiger partial charge on any atom is 0.356 e. The van der Waals surface area contributed by atoms with Crippen LogP contribution in [0.5, 0.6) is 0 Å². The molecular formula is C11H7N3O3. The molecular weight excluding hydrogens is 222 g/mol. The van der Waals surface area contributed by atoms with Crippen LogP contribution >= 0.6 is 0 Å². The summed E-state index contributed by atoms with van der Waals surface area (Å²) in [5.41, 5.74) is 0.663. The molecule has 0 unspecified atom stereocenters. The van der Waals surface area contributed by atoms with Gasteiger partial charge in [-0.05, 0) is 18.2 Å². The van der Waals surface area contributed by atoms with Crippen LogP contribution in [0.15, 0.2) is 41.3 Å². The highest BCUT2D eigenvalue weighted by molar-refractivity contribution is 5.86. The largest absolute Gasteiger partial charge is 0.476 e. The van der Waals surface area contributed by atoms with Gasteiger partial charge >= 0.3 is 5.97 Å². The Balaban J connectivity index is 2.29. The molecule has 0 saturated heterocycles. The molecule has 17 heavy (non-hydrogen) atoms. The van der Waals surface area contributed by atoms with Gasteiger partial charge in [0.25, 0.3) is 0 Å². The first-order chi connectivity index (χ1) is 8.25. The molecule has 0 amide bonds. The molecule has 0 spiro atoms. The summed E-state index contributed by atoms with van der Waals surface area (Å²) in [5.74, 6) is -0.121. The summed E-state index contributed by atoms with van der Waals surface area (Å²) in [4.78, 5) is 18.7. The molecule has 3 heterocycles. The molecule has 6 heteroatoms. The van der Waals surface area contributed by atoms with Crippen LogP contribution in [0.4, 0.5) is 0 Å². The first-order valence-electron chi connectivity index (χ1n) is 4.87. The smallest absolute Gasteiger partial charge is 0.356 e. The molecule has 3 aromatic rings. The molecule has 1 N–H and O–H groups in total. The van der Waals surface area contributed by atoms with Gasteiger partial charge in [-0.1, -0.05) is 0 Å². The van der Waals surface area contributed by atoms with Crippen LogP contribution in [0, 0.1) is 0 Å². The van der Waals surface area contributed by atoms with E-state index < -0.39 is 5.97 Å². The zero-order chi connectivity index (χ0) is 11.8. The lowest BCUT2D eigenvalue weighted by Crippen LogP contribution is -1.95. The highest BCUT2D eigenvalue weighted by Crippen LogP contribution is 2.20. The number of fused-ring (bicyclic) bond motifs is 1. The van der Waals surface area contributed by atoms with Crippen LogP contribution in [0.2, 0.25) is 0 Å². The lowest BCUT2D eigenvalue weighted by Gasteiger charge is -1.99. The van der Waals surface area contributed by atoms with E-state index in [0.29, 0.717) is 17.2 Å². The van der Waals surface area contributed by atoms with Gasteiger partial charge in [0, 0.05) is 12.4 Å². The minimum absolute atomic E-state index is 0.0449.